The van der Waals surface area contributed by atoms with Crippen molar-refractivity contribution in [1.29, 1.82) is 0 Å². The average molecular weight is 346 g/mol. The van der Waals surface area contributed by atoms with Crippen LogP contribution in [0.1, 0.15) is 11.4 Å². The lowest BCUT2D eigenvalue weighted by Crippen LogP contribution is -2.06. The molecule has 0 aliphatic heterocycles. The number of nitrogens with zero attached hydrogens (tertiary/aromatic N) is 6. The van der Waals surface area contributed by atoms with Gasteiger partial charge in [-0.25, -0.2) is 19.6 Å². The first kappa shape index (κ1) is 15.8. The highest BCUT2D eigenvalue weighted by Gasteiger charge is 2.10. The zero-order valence-electron chi connectivity index (χ0n) is 13.9. The van der Waals surface area contributed by atoms with Crippen molar-refractivity contribution >= 4 is 16.7 Å². The van der Waals surface area contributed by atoms with Crippen molar-refractivity contribution < 1.29 is 4.92 Å². The highest BCUT2D eigenvalue weighted by molar-refractivity contribution is 5.74. The quantitative estimate of drug-likeness (QED) is 0.416. The zero-order valence-corrected chi connectivity index (χ0v) is 13.9. The summed E-state index contributed by atoms with van der Waals surface area (Å²) in [5, 5.41) is 15.2. The predicted octanol–water partition coefficient (Wildman–Crippen LogP) is 3.15. The molecule has 0 aliphatic carbocycles. The molecule has 0 spiro atoms. The van der Waals surface area contributed by atoms with Crippen molar-refractivity contribution in [1.82, 2.24) is 24.7 Å². The Kier molecular flexibility index (Phi) is 3.85. The molecular weight excluding hydrogens is 332 g/mol. The summed E-state index contributed by atoms with van der Waals surface area (Å²) >= 11 is 0. The minimum Gasteiger partial charge on any atom is -0.258 e. The number of nitro groups is 1. The Balaban J connectivity index is 1.60. The highest BCUT2D eigenvalue weighted by Crippen LogP contribution is 2.19. The molecule has 0 fully saturated rings. The smallest absolute Gasteiger partial charge is 0.258 e. The van der Waals surface area contributed by atoms with Gasteiger partial charge >= 0.3 is 0 Å². The minimum absolute atomic E-state index is 0.0373. The summed E-state index contributed by atoms with van der Waals surface area (Å²) in [6, 6.07) is 13.9. The number of non-ortho nitro benzene ring substituents is 1. The second-order valence-corrected chi connectivity index (χ2v) is 5.81. The molecule has 8 nitrogen and oxygen atoms in total. The van der Waals surface area contributed by atoms with Gasteiger partial charge in [0.1, 0.15) is 6.33 Å². The van der Waals surface area contributed by atoms with Crippen LogP contribution in [0.2, 0.25) is 0 Å². The molecular formula is C18H14N6O2. The monoisotopic (exact) mass is 346 g/mol. The number of hydrogen-bond acceptors (Lipinski definition) is 6. The molecule has 0 bridgehead atoms. The van der Waals surface area contributed by atoms with E-state index in [9.17, 15) is 10.1 Å². The Morgan fingerprint density at radius 1 is 1.04 bits per heavy atom. The summed E-state index contributed by atoms with van der Waals surface area (Å²) in [5.74, 6) is 0.506. The minimum atomic E-state index is -0.434. The van der Waals surface area contributed by atoms with Gasteiger partial charge in [0, 0.05) is 17.7 Å². The topological polar surface area (TPSA) is 99.6 Å². The van der Waals surface area contributed by atoms with Gasteiger partial charge in [0.2, 0.25) is 0 Å². The van der Waals surface area contributed by atoms with Gasteiger partial charge in [-0.3, -0.25) is 10.1 Å². The second-order valence-electron chi connectivity index (χ2n) is 5.81. The summed E-state index contributed by atoms with van der Waals surface area (Å²) in [6.07, 6.45) is 1.62. The fourth-order valence-corrected chi connectivity index (χ4v) is 2.66. The van der Waals surface area contributed by atoms with Gasteiger partial charge in [0.25, 0.3) is 5.69 Å². The van der Waals surface area contributed by atoms with Crippen LogP contribution in [-0.4, -0.2) is 29.7 Å². The van der Waals surface area contributed by atoms with Crippen molar-refractivity contribution in [3.8, 4) is 11.4 Å². The van der Waals surface area contributed by atoms with Gasteiger partial charge in [-0.2, -0.15) is 5.10 Å². The third-order valence-electron chi connectivity index (χ3n) is 4.03. The van der Waals surface area contributed by atoms with E-state index in [1.54, 1.807) is 23.1 Å². The van der Waals surface area contributed by atoms with Gasteiger partial charge in [0.05, 0.1) is 33.9 Å². The fourth-order valence-electron chi connectivity index (χ4n) is 2.66. The summed E-state index contributed by atoms with van der Waals surface area (Å²) in [4.78, 5) is 23.8. The fraction of sp³-hybridized carbons (Fsp3) is 0.111. The second kappa shape index (κ2) is 6.32. The average Bonchev–Trinajstić information content (AvgIpc) is 3.11. The Bertz CT molecular complexity index is 1100. The van der Waals surface area contributed by atoms with Crippen molar-refractivity contribution in [2.24, 2.45) is 0 Å². The van der Waals surface area contributed by atoms with Crippen molar-refractivity contribution in [3.63, 3.8) is 0 Å². The summed E-state index contributed by atoms with van der Waals surface area (Å²) in [5.41, 5.74) is 4.12. The number of benzene rings is 2. The van der Waals surface area contributed by atoms with Crippen LogP contribution >= 0.6 is 0 Å². The molecule has 0 unspecified atom stereocenters. The van der Waals surface area contributed by atoms with E-state index in [2.05, 4.69) is 20.1 Å². The van der Waals surface area contributed by atoms with Crippen LogP contribution in [-0.2, 0) is 6.54 Å². The van der Waals surface area contributed by atoms with Crippen LogP contribution < -0.4 is 0 Å². The molecule has 0 aliphatic rings. The number of hydrogen-bond donors (Lipinski definition) is 0. The zero-order chi connectivity index (χ0) is 18.1. The molecule has 0 N–H and O–H groups in total. The van der Waals surface area contributed by atoms with Crippen LogP contribution in [0.15, 0.2) is 54.9 Å². The Morgan fingerprint density at radius 3 is 2.42 bits per heavy atom. The van der Waals surface area contributed by atoms with Crippen molar-refractivity contribution in [3.05, 3.63) is 76.4 Å². The Labute approximate surface area is 148 Å². The van der Waals surface area contributed by atoms with Gasteiger partial charge in [-0.15, -0.1) is 0 Å². The normalized spacial score (nSPS) is 11.0. The Hall–Kier alpha value is -3.68. The van der Waals surface area contributed by atoms with Crippen molar-refractivity contribution in [2.75, 3.05) is 0 Å². The van der Waals surface area contributed by atoms with E-state index < -0.39 is 4.92 Å². The maximum Gasteiger partial charge on any atom is 0.269 e. The lowest BCUT2D eigenvalue weighted by molar-refractivity contribution is -0.384. The number of nitro benzene ring substituents is 1. The maximum atomic E-state index is 10.7. The molecule has 128 valence electrons. The van der Waals surface area contributed by atoms with Gasteiger partial charge in [-0.05, 0) is 31.2 Å². The van der Waals surface area contributed by atoms with E-state index in [0.29, 0.717) is 12.4 Å². The molecule has 0 amide bonds. The molecule has 4 rings (SSSR count). The summed E-state index contributed by atoms with van der Waals surface area (Å²) in [7, 11) is 0. The van der Waals surface area contributed by atoms with Crippen LogP contribution in [0.4, 0.5) is 5.69 Å². The highest BCUT2D eigenvalue weighted by atomic mass is 16.6. The Morgan fingerprint density at radius 2 is 1.73 bits per heavy atom. The summed E-state index contributed by atoms with van der Waals surface area (Å²) < 4.78 is 1.68. The van der Waals surface area contributed by atoms with E-state index in [1.165, 1.54) is 12.1 Å². The molecule has 8 heteroatoms. The van der Waals surface area contributed by atoms with Gasteiger partial charge < -0.3 is 0 Å². The number of fused-ring (bicyclic) bond motifs is 1. The van der Waals surface area contributed by atoms with Gasteiger partial charge in [-0.1, -0.05) is 12.1 Å². The third kappa shape index (κ3) is 3.00. The van der Waals surface area contributed by atoms with Crippen LogP contribution in [0.5, 0.6) is 0 Å². The standard InChI is InChI=1S/C18H14N6O2/c1-12-17(21-16-5-3-2-4-15(16)20-12)10-23-11-19-18(22-23)13-6-8-14(9-7-13)24(25)26/h2-9,11H,10H2,1H3. The molecule has 0 saturated carbocycles. The number of aryl methyl sites for hydroxylation is 1. The lowest BCUT2D eigenvalue weighted by atomic mass is 10.2. The molecule has 0 radical (unpaired) electrons. The molecule has 2 heterocycles. The van der Waals surface area contributed by atoms with Crippen LogP contribution in [0, 0.1) is 17.0 Å². The molecule has 0 saturated heterocycles. The van der Waals surface area contributed by atoms with Crippen molar-refractivity contribution in [2.45, 2.75) is 13.5 Å². The first-order valence-corrected chi connectivity index (χ1v) is 7.97. The maximum absolute atomic E-state index is 10.7. The van der Waals surface area contributed by atoms with E-state index in [0.717, 1.165) is 28.0 Å². The molecule has 0 atom stereocenters. The largest absolute Gasteiger partial charge is 0.269 e. The number of rotatable bonds is 4. The van der Waals surface area contributed by atoms with E-state index in [1.807, 2.05) is 31.2 Å². The van der Waals surface area contributed by atoms with E-state index >= 15 is 0 Å². The van der Waals surface area contributed by atoms with E-state index in [-0.39, 0.29) is 5.69 Å². The third-order valence-corrected chi connectivity index (χ3v) is 4.03. The first-order chi connectivity index (χ1) is 12.6. The molecule has 26 heavy (non-hydrogen) atoms. The van der Waals surface area contributed by atoms with Crippen LogP contribution in [0.25, 0.3) is 22.4 Å². The SMILES string of the molecule is Cc1nc2ccccc2nc1Cn1cnc(-c2ccc([N+](=O)[O-])cc2)n1. The molecule has 2 aromatic heterocycles. The molecule has 4 aromatic rings. The number of para-hydroxylation sites is 2. The first-order valence-electron chi connectivity index (χ1n) is 7.97. The lowest BCUT2D eigenvalue weighted by Gasteiger charge is -2.06. The van der Waals surface area contributed by atoms with Crippen LogP contribution in [0.3, 0.4) is 0 Å². The molecule has 2 aromatic carbocycles. The van der Waals surface area contributed by atoms with E-state index in [4.69, 9.17) is 0 Å². The summed E-state index contributed by atoms with van der Waals surface area (Å²) in [6.45, 7) is 2.37. The van der Waals surface area contributed by atoms with Gasteiger partial charge in [0.15, 0.2) is 5.82 Å². The number of aromatic nitrogens is 5. The predicted molar refractivity (Wildman–Crippen MR) is 95.5 cm³/mol.